The lowest BCUT2D eigenvalue weighted by atomic mass is 9.85. The minimum Gasteiger partial charge on any atom is -0.508 e. The van der Waals surface area contributed by atoms with E-state index in [1.807, 2.05) is 27.7 Å². The topological polar surface area (TPSA) is 120 Å². The number of rotatable bonds is 9. The number of phenols is 1. The first-order valence-electron chi connectivity index (χ1n) is 12.5. The van der Waals surface area contributed by atoms with Crippen LogP contribution in [0.1, 0.15) is 64.2 Å². The average Bonchev–Trinajstić information content (AvgIpc) is 2.85. The molecule has 1 atom stereocenters. The van der Waals surface area contributed by atoms with Crippen LogP contribution in [0, 0.1) is 5.82 Å². The number of aromatic hydroxyl groups is 1. The van der Waals surface area contributed by atoms with Crippen molar-refractivity contribution in [2.24, 2.45) is 0 Å². The van der Waals surface area contributed by atoms with Crippen LogP contribution in [-0.4, -0.2) is 47.4 Å². The van der Waals surface area contributed by atoms with Gasteiger partial charge in [0.2, 0.25) is 0 Å². The molecule has 2 aliphatic heterocycles. The molecule has 2 heterocycles. The van der Waals surface area contributed by atoms with E-state index in [0.29, 0.717) is 42.0 Å². The van der Waals surface area contributed by atoms with E-state index in [4.69, 9.17) is 9.47 Å². The fraction of sp³-hybridized carbons (Fsp3) is 0.481. The number of phenolic OH excluding ortho intramolecular Hbond substituents is 1. The van der Waals surface area contributed by atoms with Gasteiger partial charge in [-0.05, 0) is 51.3 Å². The van der Waals surface area contributed by atoms with Crippen molar-refractivity contribution in [3.8, 4) is 11.5 Å². The van der Waals surface area contributed by atoms with Gasteiger partial charge < -0.3 is 30.3 Å². The largest absolute Gasteiger partial charge is 0.508 e. The summed E-state index contributed by atoms with van der Waals surface area (Å²) in [6.45, 7) is 7.95. The van der Waals surface area contributed by atoms with Crippen molar-refractivity contribution in [1.82, 2.24) is 5.32 Å². The number of carbonyl (C=O) groups excluding carboxylic acids is 2. The number of cyclic esters (lactones) is 1. The molecular formula is C27H34FN3O6. The maximum atomic E-state index is 14.2. The fourth-order valence-corrected chi connectivity index (χ4v) is 4.90. The Morgan fingerprint density at radius 3 is 2.65 bits per heavy atom. The molecule has 37 heavy (non-hydrogen) atoms. The van der Waals surface area contributed by atoms with Crippen LogP contribution >= 0.6 is 0 Å². The number of nitrogens with zero attached hydrogens (tertiary/aromatic N) is 1. The zero-order chi connectivity index (χ0) is 27.0. The lowest BCUT2D eigenvalue weighted by molar-refractivity contribution is -0.118. The number of nitrogens with one attached hydrogen (secondary N) is 2. The van der Waals surface area contributed by atoms with Gasteiger partial charge in [0.25, 0.3) is 5.91 Å². The third-order valence-corrected chi connectivity index (χ3v) is 7.20. The van der Waals surface area contributed by atoms with Crippen LogP contribution in [0.15, 0.2) is 30.3 Å². The standard InChI is InChI=1S/C27H34FN3O6/c1-5-27(6-2)19-8-7-16(28)11-21(19)31(25(35)37-27)10-9-26(3,4)29-14-22(33)18-12-17(32)13-20-24(18)36-15-23(34)30-20/h7-8,11-13,22,29,32-33H,5-6,9-10,14-15H2,1-4H3,(H,30,34). The summed E-state index contributed by atoms with van der Waals surface area (Å²) in [4.78, 5) is 26.1. The smallest absolute Gasteiger partial charge is 0.415 e. The maximum absolute atomic E-state index is 14.2. The predicted molar refractivity (Wildman–Crippen MR) is 136 cm³/mol. The number of benzene rings is 2. The number of hydrogen-bond donors (Lipinski definition) is 4. The Balaban J connectivity index is 1.46. The molecule has 200 valence electrons. The van der Waals surface area contributed by atoms with E-state index >= 15 is 0 Å². The first-order chi connectivity index (χ1) is 17.5. The third kappa shape index (κ3) is 5.35. The van der Waals surface area contributed by atoms with E-state index in [-0.39, 0.29) is 31.4 Å². The summed E-state index contributed by atoms with van der Waals surface area (Å²) in [5, 5.41) is 26.8. The highest BCUT2D eigenvalue weighted by atomic mass is 19.1. The first-order valence-corrected chi connectivity index (χ1v) is 12.5. The van der Waals surface area contributed by atoms with Crippen molar-refractivity contribution in [1.29, 1.82) is 0 Å². The molecule has 2 aliphatic rings. The SMILES string of the molecule is CCC1(CC)OC(=O)N(CCC(C)(C)NCC(O)c2cc(O)cc3c2OCC(=O)N3)c2cc(F)ccc21. The van der Waals surface area contributed by atoms with Crippen LogP contribution in [0.5, 0.6) is 11.5 Å². The second-order valence-electron chi connectivity index (χ2n) is 10.2. The van der Waals surface area contributed by atoms with Crippen LogP contribution in [0.25, 0.3) is 0 Å². The first kappa shape index (κ1) is 26.7. The summed E-state index contributed by atoms with van der Waals surface area (Å²) < 4.78 is 25.6. The molecule has 4 rings (SSSR count). The second-order valence-corrected chi connectivity index (χ2v) is 10.2. The number of amides is 2. The molecule has 2 aromatic rings. The number of aliphatic hydroxyl groups excluding tert-OH is 1. The summed E-state index contributed by atoms with van der Waals surface area (Å²) in [7, 11) is 0. The lowest BCUT2D eigenvalue weighted by Crippen LogP contribution is -2.49. The molecule has 1 unspecified atom stereocenters. The van der Waals surface area contributed by atoms with Gasteiger partial charge in [-0.1, -0.05) is 19.9 Å². The molecule has 0 bridgehead atoms. The van der Waals surface area contributed by atoms with E-state index in [9.17, 15) is 24.2 Å². The summed E-state index contributed by atoms with van der Waals surface area (Å²) in [6.07, 6.45) is 0.0843. The van der Waals surface area contributed by atoms with Gasteiger partial charge in [0, 0.05) is 35.8 Å². The highest BCUT2D eigenvalue weighted by molar-refractivity contribution is 5.96. The number of fused-ring (bicyclic) bond motifs is 2. The number of β-amino-alcohol motifs (C(OH)–C–C–N with tert-alkyl or cyclic N) is 1. The van der Waals surface area contributed by atoms with Crippen molar-refractivity contribution < 1.29 is 33.7 Å². The van der Waals surface area contributed by atoms with Gasteiger partial charge in [-0.3, -0.25) is 9.69 Å². The normalized spacial score (nSPS) is 17.3. The van der Waals surface area contributed by atoms with E-state index in [2.05, 4.69) is 10.6 Å². The lowest BCUT2D eigenvalue weighted by Gasteiger charge is -2.42. The Bertz CT molecular complexity index is 1200. The van der Waals surface area contributed by atoms with Crippen molar-refractivity contribution in [2.45, 2.75) is 64.2 Å². The van der Waals surface area contributed by atoms with Crippen LogP contribution in [0.4, 0.5) is 20.6 Å². The van der Waals surface area contributed by atoms with Gasteiger partial charge in [-0.15, -0.1) is 0 Å². The summed E-state index contributed by atoms with van der Waals surface area (Å²) in [6, 6.07) is 7.22. The number of aliphatic hydroxyl groups is 1. The molecule has 10 heteroatoms. The Morgan fingerprint density at radius 2 is 1.95 bits per heavy atom. The quantitative estimate of drug-likeness (QED) is 0.392. The molecular weight excluding hydrogens is 481 g/mol. The Kier molecular flexibility index (Phi) is 7.34. The Labute approximate surface area is 215 Å². The molecule has 2 amide bonds. The van der Waals surface area contributed by atoms with Crippen molar-refractivity contribution >= 4 is 23.4 Å². The molecule has 0 radical (unpaired) electrons. The highest BCUT2D eigenvalue weighted by Crippen LogP contribution is 2.44. The zero-order valence-electron chi connectivity index (χ0n) is 21.6. The minimum absolute atomic E-state index is 0.109. The molecule has 2 aromatic carbocycles. The Hall–Kier alpha value is -3.37. The van der Waals surface area contributed by atoms with Crippen molar-refractivity contribution in [2.75, 3.05) is 29.9 Å². The van der Waals surface area contributed by atoms with Gasteiger partial charge in [0.1, 0.15) is 22.9 Å². The van der Waals surface area contributed by atoms with E-state index in [1.54, 1.807) is 6.07 Å². The van der Waals surface area contributed by atoms with E-state index < -0.39 is 29.2 Å². The molecule has 0 aliphatic carbocycles. The maximum Gasteiger partial charge on any atom is 0.415 e. The van der Waals surface area contributed by atoms with Gasteiger partial charge >= 0.3 is 6.09 Å². The molecule has 0 fully saturated rings. The van der Waals surface area contributed by atoms with Crippen LogP contribution in [-0.2, 0) is 15.1 Å². The summed E-state index contributed by atoms with van der Waals surface area (Å²) in [5.74, 6) is -0.560. The summed E-state index contributed by atoms with van der Waals surface area (Å²) >= 11 is 0. The van der Waals surface area contributed by atoms with E-state index in [0.717, 1.165) is 5.56 Å². The molecule has 9 nitrogen and oxygen atoms in total. The third-order valence-electron chi connectivity index (χ3n) is 7.20. The Morgan fingerprint density at radius 1 is 1.22 bits per heavy atom. The van der Waals surface area contributed by atoms with Gasteiger partial charge in [0.05, 0.1) is 17.5 Å². The van der Waals surface area contributed by atoms with Crippen molar-refractivity contribution in [3.05, 3.63) is 47.3 Å². The molecule has 0 spiro atoms. The van der Waals surface area contributed by atoms with Gasteiger partial charge in [-0.25, -0.2) is 9.18 Å². The molecule has 0 saturated heterocycles. The number of anilines is 2. The van der Waals surface area contributed by atoms with Crippen LogP contribution in [0.3, 0.4) is 0 Å². The molecule has 0 aromatic heterocycles. The fourth-order valence-electron chi connectivity index (χ4n) is 4.90. The number of carbonyl (C=O) groups is 2. The monoisotopic (exact) mass is 515 g/mol. The van der Waals surface area contributed by atoms with Crippen molar-refractivity contribution in [3.63, 3.8) is 0 Å². The average molecular weight is 516 g/mol. The second kappa shape index (κ2) is 10.2. The number of hydrogen-bond acceptors (Lipinski definition) is 7. The van der Waals surface area contributed by atoms with Crippen LogP contribution < -0.4 is 20.3 Å². The molecule has 4 N–H and O–H groups in total. The number of ether oxygens (including phenoxy) is 2. The van der Waals surface area contributed by atoms with E-state index in [1.165, 1.54) is 29.2 Å². The van der Waals surface area contributed by atoms with Crippen LogP contribution in [0.2, 0.25) is 0 Å². The zero-order valence-corrected chi connectivity index (χ0v) is 21.6. The number of halogens is 1. The van der Waals surface area contributed by atoms with Gasteiger partial charge in [-0.2, -0.15) is 0 Å². The predicted octanol–water partition coefficient (Wildman–Crippen LogP) is 4.33. The molecule has 0 saturated carbocycles. The van der Waals surface area contributed by atoms with Gasteiger partial charge in [0.15, 0.2) is 6.61 Å². The minimum atomic E-state index is -1.04. The summed E-state index contributed by atoms with van der Waals surface area (Å²) in [5.41, 5.74) is 0.634. The highest BCUT2D eigenvalue weighted by Gasteiger charge is 2.43.